The average Bonchev–Trinajstić information content (AvgIpc) is 2.59. The Bertz CT molecular complexity index is 511. The molecule has 2 N–H and O–H groups in total. The lowest BCUT2D eigenvalue weighted by Crippen LogP contribution is -1.90. The van der Waals surface area contributed by atoms with Crippen molar-refractivity contribution in [2.45, 2.75) is 13.8 Å². The van der Waals surface area contributed by atoms with Crippen LogP contribution < -0.4 is 0 Å². The minimum Gasteiger partial charge on any atom is -0.506 e. The molecule has 3 heteroatoms. The first-order valence-corrected chi connectivity index (χ1v) is 4.95. The van der Waals surface area contributed by atoms with E-state index in [-0.39, 0.29) is 5.75 Å². The number of hydrogen-bond acceptors (Lipinski definition) is 2. The standard InChI is InChI=1S/C12H14N2O/c1-7(2)8(3)11-6-14-12-10(11)4-9(15)5-13-12/h4-7,15H,3H2,1-2H3,(H,13,14). The number of H-pyrrole nitrogens is 1. The molecule has 0 radical (unpaired) electrons. The number of allylic oxidation sites excluding steroid dienone is 1. The lowest BCUT2D eigenvalue weighted by Gasteiger charge is -2.07. The SMILES string of the molecule is C=C(c1c[nH]c2ncc(O)cc12)C(C)C. The molecule has 15 heavy (non-hydrogen) atoms. The minimum atomic E-state index is 0.180. The maximum atomic E-state index is 9.39. The van der Waals surface area contributed by atoms with E-state index in [1.165, 1.54) is 6.20 Å². The molecule has 0 aliphatic carbocycles. The highest BCUT2D eigenvalue weighted by molar-refractivity contribution is 5.91. The van der Waals surface area contributed by atoms with E-state index in [1.807, 2.05) is 6.20 Å². The zero-order valence-electron chi connectivity index (χ0n) is 8.91. The van der Waals surface area contributed by atoms with E-state index in [2.05, 4.69) is 30.4 Å². The third-order valence-corrected chi connectivity index (χ3v) is 2.56. The monoisotopic (exact) mass is 202 g/mol. The molecule has 78 valence electrons. The summed E-state index contributed by atoms with van der Waals surface area (Å²) in [7, 11) is 0. The molecule has 2 aromatic rings. The molecule has 3 nitrogen and oxygen atoms in total. The summed E-state index contributed by atoms with van der Waals surface area (Å²) in [6.07, 6.45) is 3.32. The van der Waals surface area contributed by atoms with Crippen molar-refractivity contribution >= 4 is 16.6 Å². The van der Waals surface area contributed by atoms with E-state index in [4.69, 9.17) is 0 Å². The first-order valence-electron chi connectivity index (χ1n) is 4.95. The van der Waals surface area contributed by atoms with Gasteiger partial charge in [-0.3, -0.25) is 0 Å². The van der Waals surface area contributed by atoms with Crippen molar-refractivity contribution in [2.24, 2.45) is 5.92 Å². The van der Waals surface area contributed by atoms with Crippen LogP contribution in [0.4, 0.5) is 0 Å². The Morgan fingerprint density at radius 3 is 2.93 bits per heavy atom. The highest BCUT2D eigenvalue weighted by Gasteiger charge is 2.10. The van der Waals surface area contributed by atoms with Crippen LogP contribution in [0.5, 0.6) is 5.75 Å². The Balaban J connectivity index is 2.62. The maximum Gasteiger partial charge on any atom is 0.138 e. The molecule has 2 rings (SSSR count). The van der Waals surface area contributed by atoms with E-state index >= 15 is 0 Å². The van der Waals surface area contributed by atoms with Crippen LogP contribution in [-0.4, -0.2) is 15.1 Å². The molecule has 0 amide bonds. The first kappa shape index (κ1) is 9.77. The molecule has 0 aliphatic heterocycles. The largest absolute Gasteiger partial charge is 0.506 e. The van der Waals surface area contributed by atoms with Crippen molar-refractivity contribution in [2.75, 3.05) is 0 Å². The van der Waals surface area contributed by atoms with Crippen LogP contribution in [0.1, 0.15) is 19.4 Å². The number of aromatic hydroxyl groups is 1. The molecule has 2 aromatic heterocycles. The van der Waals surface area contributed by atoms with Gasteiger partial charge in [-0.2, -0.15) is 0 Å². The van der Waals surface area contributed by atoms with Gasteiger partial charge in [-0.1, -0.05) is 20.4 Å². The van der Waals surface area contributed by atoms with Crippen molar-refractivity contribution in [3.63, 3.8) is 0 Å². The fourth-order valence-corrected chi connectivity index (χ4v) is 1.57. The fourth-order valence-electron chi connectivity index (χ4n) is 1.57. The topological polar surface area (TPSA) is 48.9 Å². The van der Waals surface area contributed by atoms with E-state index in [1.54, 1.807) is 6.07 Å². The molecule has 0 atom stereocenters. The number of aromatic nitrogens is 2. The Labute approximate surface area is 88.5 Å². The molecule has 0 fully saturated rings. The summed E-state index contributed by atoms with van der Waals surface area (Å²) in [5, 5.41) is 10.3. The Kier molecular flexibility index (Phi) is 2.23. The van der Waals surface area contributed by atoms with Gasteiger partial charge in [-0.25, -0.2) is 4.98 Å². The summed E-state index contributed by atoms with van der Waals surface area (Å²) in [5.74, 6) is 0.561. The predicted molar refractivity (Wildman–Crippen MR) is 61.6 cm³/mol. The average molecular weight is 202 g/mol. The third kappa shape index (κ3) is 1.61. The van der Waals surface area contributed by atoms with Crippen LogP contribution in [0.2, 0.25) is 0 Å². The lowest BCUT2D eigenvalue weighted by atomic mass is 9.97. The van der Waals surface area contributed by atoms with Gasteiger partial charge in [0.2, 0.25) is 0 Å². The van der Waals surface area contributed by atoms with Crippen molar-refractivity contribution < 1.29 is 5.11 Å². The molecule has 0 spiro atoms. The second kappa shape index (κ2) is 3.42. The van der Waals surface area contributed by atoms with Gasteiger partial charge in [0.15, 0.2) is 0 Å². The van der Waals surface area contributed by atoms with E-state index < -0.39 is 0 Å². The highest BCUT2D eigenvalue weighted by Crippen LogP contribution is 2.29. The molecule has 0 unspecified atom stereocenters. The molecular formula is C12H14N2O. The molecule has 0 aliphatic rings. The zero-order chi connectivity index (χ0) is 11.0. The van der Waals surface area contributed by atoms with E-state index in [0.717, 1.165) is 22.2 Å². The summed E-state index contributed by atoms with van der Waals surface area (Å²) < 4.78 is 0. The number of hydrogen-bond donors (Lipinski definition) is 2. The van der Waals surface area contributed by atoms with Crippen molar-refractivity contribution in [3.8, 4) is 5.75 Å². The normalized spacial score (nSPS) is 11.1. The second-order valence-electron chi connectivity index (χ2n) is 3.97. The van der Waals surface area contributed by atoms with E-state index in [0.29, 0.717) is 5.92 Å². The molecule has 0 saturated heterocycles. The molecule has 0 bridgehead atoms. The van der Waals surface area contributed by atoms with E-state index in [9.17, 15) is 5.11 Å². The van der Waals surface area contributed by atoms with Crippen LogP contribution in [0.15, 0.2) is 25.0 Å². The van der Waals surface area contributed by atoms with Gasteiger partial charge in [0.1, 0.15) is 11.4 Å². The maximum absolute atomic E-state index is 9.39. The van der Waals surface area contributed by atoms with Gasteiger partial charge < -0.3 is 10.1 Å². The molecular weight excluding hydrogens is 188 g/mol. The van der Waals surface area contributed by atoms with Crippen LogP contribution >= 0.6 is 0 Å². The Morgan fingerprint density at radius 2 is 2.27 bits per heavy atom. The number of nitrogens with zero attached hydrogens (tertiary/aromatic N) is 1. The van der Waals surface area contributed by atoms with Gasteiger partial charge >= 0.3 is 0 Å². The van der Waals surface area contributed by atoms with Gasteiger partial charge in [-0.05, 0) is 17.6 Å². The second-order valence-corrected chi connectivity index (χ2v) is 3.97. The van der Waals surface area contributed by atoms with Crippen molar-refractivity contribution in [3.05, 3.63) is 30.6 Å². The van der Waals surface area contributed by atoms with Crippen LogP contribution in [0.3, 0.4) is 0 Å². The molecule has 0 saturated carbocycles. The lowest BCUT2D eigenvalue weighted by molar-refractivity contribution is 0.474. The van der Waals surface area contributed by atoms with Gasteiger partial charge in [-0.15, -0.1) is 0 Å². The quantitative estimate of drug-likeness (QED) is 0.786. The summed E-state index contributed by atoms with van der Waals surface area (Å²) in [6, 6.07) is 1.71. The van der Waals surface area contributed by atoms with Crippen LogP contribution in [0, 0.1) is 5.92 Å². The number of aromatic amines is 1. The third-order valence-electron chi connectivity index (χ3n) is 2.56. The smallest absolute Gasteiger partial charge is 0.138 e. The van der Waals surface area contributed by atoms with Crippen LogP contribution in [-0.2, 0) is 0 Å². The summed E-state index contributed by atoms with van der Waals surface area (Å²) in [6.45, 7) is 8.24. The fraction of sp³-hybridized carbons (Fsp3) is 0.250. The summed E-state index contributed by atoms with van der Waals surface area (Å²) in [5.41, 5.74) is 2.86. The number of nitrogens with one attached hydrogen (secondary N) is 1. The summed E-state index contributed by atoms with van der Waals surface area (Å²) in [4.78, 5) is 7.16. The summed E-state index contributed by atoms with van der Waals surface area (Å²) >= 11 is 0. The number of rotatable bonds is 2. The van der Waals surface area contributed by atoms with Crippen molar-refractivity contribution in [1.29, 1.82) is 0 Å². The van der Waals surface area contributed by atoms with Crippen molar-refractivity contribution in [1.82, 2.24) is 9.97 Å². The highest BCUT2D eigenvalue weighted by atomic mass is 16.3. The molecule has 0 aromatic carbocycles. The predicted octanol–water partition coefficient (Wildman–Crippen LogP) is 2.94. The van der Waals surface area contributed by atoms with Gasteiger partial charge in [0.25, 0.3) is 0 Å². The van der Waals surface area contributed by atoms with Gasteiger partial charge in [0, 0.05) is 17.1 Å². The minimum absolute atomic E-state index is 0.180. The number of fused-ring (bicyclic) bond motifs is 1. The van der Waals surface area contributed by atoms with Gasteiger partial charge in [0.05, 0.1) is 6.20 Å². The Morgan fingerprint density at radius 1 is 1.53 bits per heavy atom. The zero-order valence-corrected chi connectivity index (χ0v) is 8.91. The molecule has 2 heterocycles. The first-order chi connectivity index (χ1) is 7.09. The number of pyridine rings is 1. The van der Waals surface area contributed by atoms with Crippen LogP contribution in [0.25, 0.3) is 16.6 Å². The Hall–Kier alpha value is -1.77.